The molecule has 0 aromatic carbocycles. The third-order valence-corrected chi connectivity index (χ3v) is 3.02. The summed E-state index contributed by atoms with van der Waals surface area (Å²) >= 11 is 0. The number of hydrazine groups is 1. The number of carbonyl (C=O) groups excluding carboxylic acids is 1. The van der Waals surface area contributed by atoms with Crippen LogP contribution < -0.4 is 11.4 Å². The van der Waals surface area contributed by atoms with E-state index >= 15 is 0 Å². The molecular formula is C10H21N3O2. The van der Waals surface area contributed by atoms with Gasteiger partial charge in [0.05, 0.1) is 6.42 Å². The summed E-state index contributed by atoms with van der Waals surface area (Å²) < 4.78 is 0. The molecule has 0 heterocycles. The molecule has 0 radical (unpaired) electrons. The molecule has 0 aromatic rings. The van der Waals surface area contributed by atoms with Crippen LogP contribution in [0.1, 0.15) is 39.0 Å². The molecule has 1 aliphatic rings. The summed E-state index contributed by atoms with van der Waals surface area (Å²) in [7, 11) is 0. The van der Waals surface area contributed by atoms with Gasteiger partial charge in [-0.2, -0.15) is 0 Å². The third kappa shape index (κ3) is 4.15. The van der Waals surface area contributed by atoms with Crippen LogP contribution in [0.5, 0.6) is 0 Å². The number of nitrogens with two attached hydrogens (primary N) is 1. The zero-order valence-corrected chi connectivity index (χ0v) is 9.37. The SMILES string of the molecule is CCN(CCC(=O)ONN)C1CCCC1. The van der Waals surface area contributed by atoms with Crippen molar-refractivity contribution in [1.82, 2.24) is 10.5 Å². The van der Waals surface area contributed by atoms with Crippen molar-refractivity contribution < 1.29 is 9.63 Å². The lowest BCUT2D eigenvalue weighted by atomic mass is 10.2. The monoisotopic (exact) mass is 215 g/mol. The zero-order valence-electron chi connectivity index (χ0n) is 9.37. The summed E-state index contributed by atoms with van der Waals surface area (Å²) in [4.78, 5) is 17.9. The average Bonchev–Trinajstić information content (AvgIpc) is 2.72. The summed E-state index contributed by atoms with van der Waals surface area (Å²) in [5.74, 6) is 4.59. The molecule has 0 bridgehead atoms. The van der Waals surface area contributed by atoms with Gasteiger partial charge >= 0.3 is 5.97 Å². The van der Waals surface area contributed by atoms with Gasteiger partial charge < -0.3 is 9.74 Å². The Bertz CT molecular complexity index is 193. The molecule has 1 saturated carbocycles. The van der Waals surface area contributed by atoms with Crippen LogP contribution in [-0.4, -0.2) is 30.0 Å². The first-order valence-corrected chi connectivity index (χ1v) is 5.67. The van der Waals surface area contributed by atoms with E-state index in [4.69, 9.17) is 5.84 Å². The standard InChI is InChI=1S/C10H21N3O2/c1-2-13(9-5-3-4-6-9)8-7-10(14)15-12-11/h9,12H,2-8,11H2,1H3. The Morgan fingerprint density at radius 3 is 2.73 bits per heavy atom. The van der Waals surface area contributed by atoms with Crippen LogP contribution in [0, 0.1) is 0 Å². The number of hydrogen-bond acceptors (Lipinski definition) is 5. The van der Waals surface area contributed by atoms with Crippen molar-refractivity contribution in [2.45, 2.75) is 45.1 Å². The highest BCUT2D eigenvalue weighted by Gasteiger charge is 2.21. The molecule has 0 aromatic heterocycles. The number of nitrogens with zero attached hydrogens (tertiary/aromatic N) is 1. The van der Waals surface area contributed by atoms with Gasteiger partial charge in [0.2, 0.25) is 0 Å². The fraction of sp³-hybridized carbons (Fsp3) is 0.900. The van der Waals surface area contributed by atoms with Gasteiger partial charge in [-0.25, -0.2) is 5.84 Å². The first-order chi connectivity index (χ1) is 7.27. The Labute approximate surface area is 90.9 Å². The molecule has 15 heavy (non-hydrogen) atoms. The van der Waals surface area contributed by atoms with Crippen LogP contribution in [0.3, 0.4) is 0 Å². The lowest BCUT2D eigenvalue weighted by molar-refractivity contribution is -0.151. The van der Waals surface area contributed by atoms with Crippen molar-refractivity contribution in [2.75, 3.05) is 13.1 Å². The third-order valence-electron chi connectivity index (χ3n) is 3.02. The van der Waals surface area contributed by atoms with Crippen molar-refractivity contribution in [3.05, 3.63) is 0 Å². The van der Waals surface area contributed by atoms with Gasteiger partial charge in [0, 0.05) is 12.6 Å². The van der Waals surface area contributed by atoms with Crippen LogP contribution in [0.2, 0.25) is 0 Å². The minimum atomic E-state index is -0.297. The van der Waals surface area contributed by atoms with E-state index in [0.717, 1.165) is 13.1 Å². The molecule has 1 fully saturated rings. The number of rotatable bonds is 6. The van der Waals surface area contributed by atoms with Gasteiger partial charge in [0.1, 0.15) is 0 Å². The molecule has 0 spiro atoms. The smallest absolute Gasteiger partial charge is 0.327 e. The largest absolute Gasteiger partial charge is 0.356 e. The molecule has 88 valence electrons. The van der Waals surface area contributed by atoms with Crippen LogP contribution in [0.25, 0.3) is 0 Å². The Kier molecular flexibility index (Phi) is 5.60. The molecule has 5 heteroatoms. The predicted molar refractivity (Wildman–Crippen MR) is 57.5 cm³/mol. The molecule has 1 rings (SSSR count). The van der Waals surface area contributed by atoms with E-state index in [9.17, 15) is 4.79 Å². The normalized spacial score (nSPS) is 17.3. The van der Waals surface area contributed by atoms with Crippen molar-refractivity contribution in [1.29, 1.82) is 0 Å². The molecular weight excluding hydrogens is 194 g/mol. The highest BCUT2D eigenvalue weighted by molar-refractivity contribution is 5.69. The number of hydrogen-bond donors (Lipinski definition) is 2. The lowest BCUT2D eigenvalue weighted by Gasteiger charge is -2.26. The topological polar surface area (TPSA) is 67.6 Å². The van der Waals surface area contributed by atoms with Gasteiger partial charge in [0.15, 0.2) is 0 Å². The van der Waals surface area contributed by atoms with E-state index in [1.54, 1.807) is 0 Å². The fourth-order valence-electron chi connectivity index (χ4n) is 2.22. The summed E-state index contributed by atoms with van der Waals surface area (Å²) in [6.07, 6.45) is 5.55. The maximum absolute atomic E-state index is 11.1. The van der Waals surface area contributed by atoms with Crippen molar-refractivity contribution in [2.24, 2.45) is 5.84 Å². The second-order valence-electron chi connectivity index (χ2n) is 3.91. The molecule has 0 unspecified atom stereocenters. The maximum atomic E-state index is 11.1. The maximum Gasteiger partial charge on any atom is 0.327 e. The van der Waals surface area contributed by atoms with Crippen LogP contribution in [0.4, 0.5) is 0 Å². The highest BCUT2D eigenvalue weighted by Crippen LogP contribution is 2.23. The van der Waals surface area contributed by atoms with E-state index in [1.807, 2.05) is 5.59 Å². The van der Waals surface area contributed by atoms with Crippen LogP contribution >= 0.6 is 0 Å². The molecule has 5 nitrogen and oxygen atoms in total. The van der Waals surface area contributed by atoms with Crippen molar-refractivity contribution in [3.63, 3.8) is 0 Å². The molecule has 0 saturated heterocycles. The van der Waals surface area contributed by atoms with E-state index < -0.39 is 0 Å². The summed E-state index contributed by atoms with van der Waals surface area (Å²) in [5, 5.41) is 0. The highest BCUT2D eigenvalue weighted by atomic mass is 16.7. The number of carbonyl (C=O) groups is 1. The van der Waals surface area contributed by atoms with Crippen LogP contribution in [-0.2, 0) is 9.63 Å². The Balaban J connectivity index is 2.23. The first-order valence-electron chi connectivity index (χ1n) is 5.67. The van der Waals surface area contributed by atoms with Crippen molar-refractivity contribution in [3.8, 4) is 0 Å². The molecule has 0 atom stereocenters. The Morgan fingerprint density at radius 2 is 2.20 bits per heavy atom. The van der Waals surface area contributed by atoms with Gasteiger partial charge in [-0.3, -0.25) is 4.79 Å². The molecule has 3 N–H and O–H groups in total. The lowest BCUT2D eigenvalue weighted by Crippen LogP contribution is -2.36. The summed E-state index contributed by atoms with van der Waals surface area (Å²) in [5.41, 5.74) is 1.91. The van der Waals surface area contributed by atoms with Crippen molar-refractivity contribution >= 4 is 5.97 Å². The Morgan fingerprint density at radius 1 is 1.53 bits per heavy atom. The second-order valence-corrected chi connectivity index (χ2v) is 3.91. The first kappa shape index (κ1) is 12.4. The van der Waals surface area contributed by atoms with E-state index in [-0.39, 0.29) is 5.97 Å². The second kappa shape index (κ2) is 6.76. The van der Waals surface area contributed by atoms with Gasteiger partial charge in [-0.05, 0) is 19.4 Å². The Hall–Kier alpha value is -0.650. The van der Waals surface area contributed by atoms with E-state index in [0.29, 0.717) is 12.5 Å². The minimum absolute atomic E-state index is 0.297. The summed E-state index contributed by atoms with van der Waals surface area (Å²) in [6.45, 7) is 3.89. The minimum Gasteiger partial charge on any atom is -0.356 e. The fourth-order valence-corrected chi connectivity index (χ4v) is 2.22. The van der Waals surface area contributed by atoms with Crippen LogP contribution in [0.15, 0.2) is 0 Å². The van der Waals surface area contributed by atoms with Gasteiger partial charge in [0.25, 0.3) is 0 Å². The quantitative estimate of drug-likeness (QED) is 0.500. The molecule has 1 aliphatic carbocycles. The van der Waals surface area contributed by atoms with Gasteiger partial charge in [-0.15, -0.1) is 0 Å². The predicted octanol–water partition coefficient (Wildman–Crippen LogP) is 0.562. The average molecular weight is 215 g/mol. The van der Waals surface area contributed by atoms with Gasteiger partial charge in [-0.1, -0.05) is 25.4 Å². The molecule has 0 amide bonds. The van der Waals surface area contributed by atoms with E-state index in [1.165, 1.54) is 25.7 Å². The molecule has 0 aliphatic heterocycles. The number of nitrogens with one attached hydrogen (secondary N) is 1. The summed E-state index contributed by atoms with van der Waals surface area (Å²) in [6, 6.07) is 0.661. The zero-order chi connectivity index (χ0) is 11.1. The van der Waals surface area contributed by atoms with E-state index in [2.05, 4.69) is 16.7 Å².